The van der Waals surface area contributed by atoms with Gasteiger partial charge in [0.1, 0.15) is 59.6 Å². The van der Waals surface area contributed by atoms with Gasteiger partial charge in [0.2, 0.25) is 5.91 Å². The summed E-state index contributed by atoms with van der Waals surface area (Å²) in [5.74, 6) is -2.13. The van der Waals surface area contributed by atoms with Crippen LogP contribution < -0.4 is 35.5 Å². The summed E-state index contributed by atoms with van der Waals surface area (Å²) in [4.78, 5) is 63.8. The Bertz CT molecular complexity index is 2500. The van der Waals surface area contributed by atoms with Crippen molar-refractivity contribution < 1.29 is 56.4 Å². The van der Waals surface area contributed by atoms with Gasteiger partial charge in [0, 0.05) is 35.8 Å². The highest BCUT2D eigenvalue weighted by Crippen LogP contribution is 2.34. The first kappa shape index (κ1) is 50.7. The number of unbranched alkanes of at least 4 members (excludes halogenated alkanes) is 1. The summed E-state index contributed by atoms with van der Waals surface area (Å²) in [6, 6.07) is 8.62. The van der Waals surface area contributed by atoms with Crippen molar-refractivity contribution in [3.05, 3.63) is 78.3 Å². The lowest BCUT2D eigenvalue weighted by molar-refractivity contribution is -0.148. The highest BCUT2D eigenvalue weighted by Gasteiger charge is 2.28. The molecule has 21 heteroatoms. The van der Waals surface area contributed by atoms with Gasteiger partial charge in [-0.2, -0.15) is 5.10 Å². The number of anilines is 2. The number of halogens is 2. The lowest BCUT2D eigenvalue weighted by Crippen LogP contribution is -2.52. The zero-order chi connectivity index (χ0) is 48.9. The molecule has 0 unspecified atom stereocenters. The van der Waals surface area contributed by atoms with Gasteiger partial charge in [-0.15, -0.1) is 0 Å². The van der Waals surface area contributed by atoms with Gasteiger partial charge in [-0.05, 0) is 79.9 Å². The van der Waals surface area contributed by atoms with Crippen LogP contribution in [-0.2, 0) is 30.3 Å². The van der Waals surface area contributed by atoms with Crippen LogP contribution in [0.15, 0.2) is 61.1 Å². The average molecular weight is 934 g/mol. The van der Waals surface area contributed by atoms with Crippen molar-refractivity contribution in [3.8, 4) is 28.8 Å². The van der Waals surface area contributed by atoms with E-state index >= 15 is 8.78 Å². The number of methoxy groups -OCH3 is 2. The second kappa shape index (κ2) is 22.7. The van der Waals surface area contributed by atoms with Crippen LogP contribution in [0.5, 0.6) is 17.2 Å². The third-order valence-corrected chi connectivity index (χ3v) is 9.43. The Morgan fingerprint density at radius 3 is 2.21 bits per heavy atom. The zero-order valence-corrected chi connectivity index (χ0v) is 39.0. The molecule has 3 heterocycles. The number of nitrogens with zero attached hydrogens (tertiary/aromatic N) is 5. The number of hydrogen-bond donors (Lipinski definition) is 4. The maximum absolute atomic E-state index is 15.6. The number of carbonyl (C=O) groups is 4. The molecule has 67 heavy (non-hydrogen) atoms. The van der Waals surface area contributed by atoms with Gasteiger partial charge >= 0.3 is 18.2 Å². The topological polar surface area (TPSA) is 228 Å². The van der Waals surface area contributed by atoms with E-state index in [9.17, 15) is 19.2 Å². The molecule has 3 aromatic heterocycles. The number of benzene rings is 2. The Labute approximate surface area is 386 Å². The van der Waals surface area contributed by atoms with Gasteiger partial charge in [0.15, 0.2) is 23.1 Å². The summed E-state index contributed by atoms with van der Waals surface area (Å²) in [5, 5.41) is 16.2. The van der Waals surface area contributed by atoms with Crippen molar-refractivity contribution in [1.82, 2.24) is 40.7 Å². The lowest BCUT2D eigenvalue weighted by atomic mass is 10.1. The predicted molar refractivity (Wildman–Crippen MR) is 242 cm³/mol. The number of amides is 3. The molecule has 0 fully saturated rings. The Kier molecular flexibility index (Phi) is 17.2. The molecule has 0 spiro atoms. The average Bonchev–Trinajstić information content (AvgIpc) is 3.62. The Morgan fingerprint density at radius 1 is 0.836 bits per heavy atom. The number of alkyl carbamates (subject to hydrolysis) is 2. The number of para-hydroxylation sites is 1. The molecule has 0 radical (unpaired) electrons. The van der Waals surface area contributed by atoms with E-state index in [2.05, 4.69) is 41.3 Å². The zero-order valence-electron chi connectivity index (χ0n) is 39.0. The highest BCUT2D eigenvalue weighted by atomic mass is 19.1. The van der Waals surface area contributed by atoms with Gasteiger partial charge in [0.05, 0.1) is 44.4 Å². The second-order valence-electron chi connectivity index (χ2n) is 17.1. The van der Waals surface area contributed by atoms with E-state index in [0.29, 0.717) is 52.4 Å². The number of hydrogen-bond acceptors (Lipinski definition) is 15. The monoisotopic (exact) mass is 933 g/mol. The fourth-order valence-electron chi connectivity index (χ4n) is 6.37. The number of esters is 1. The third-order valence-electron chi connectivity index (χ3n) is 9.43. The summed E-state index contributed by atoms with van der Waals surface area (Å²) in [6.45, 7) is 11.0. The molecule has 360 valence electrons. The number of aromatic nitrogens is 5. The molecule has 0 aliphatic rings. The maximum Gasteiger partial charge on any atom is 0.408 e. The van der Waals surface area contributed by atoms with Crippen LogP contribution in [0.25, 0.3) is 22.4 Å². The third kappa shape index (κ3) is 14.8. The number of pyridine rings is 1. The van der Waals surface area contributed by atoms with Crippen molar-refractivity contribution in [2.75, 3.05) is 39.3 Å². The predicted octanol–water partition coefficient (Wildman–Crippen LogP) is 6.99. The summed E-state index contributed by atoms with van der Waals surface area (Å²) in [7, 11) is 2.99. The van der Waals surface area contributed by atoms with Crippen molar-refractivity contribution in [1.29, 1.82) is 0 Å². The molecular formula is C46H57F2N9O10. The summed E-state index contributed by atoms with van der Waals surface area (Å²) in [5.41, 5.74) is -0.294. The first-order chi connectivity index (χ1) is 31.7. The van der Waals surface area contributed by atoms with Crippen LogP contribution >= 0.6 is 0 Å². The molecule has 19 nitrogen and oxygen atoms in total. The molecule has 3 amide bonds. The maximum atomic E-state index is 15.6. The first-order valence-electron chi connectivity index (χ1n) is 21.4. The Balaban J connectivity index is 1.17. The van der Waals surface area contributed by atoms with Crippen molar-refractivity contribution in [3.63, 3.8) is 0 Å². The van der Waals surface area contributed by atoms with E-state index in [1.807, 2.05) is 0 Å². The molecule has 2 atom stereocenters. The summed E-state index contributed by atoms with van der Waals surface area (Å²) >= 11 is 0. The number of nitrogens with one attached hydrogen (secondary N) is 4. The molecule has 4 N–H and O–H groups in total. The fourth-order valence-corrected chi connectivity index (χ4v) is 6.37. The van der Waals surface area contributed by atoms with Crippen LogP contribution in [0.1, 0.15) is 73.3 Å². The van der Waals surface area contributed by atoms with E-state index in [0.717, 1.165) is 12.1 Å². The van der Waals surface area contributed by atoms with Crippen LogP contribution in [0.2, 0.25) is 0 Å². The van der Waals surface area contributed by atoms with E-state index in [1.165, 1.54) is 32.0 Å². The van der Waals surface area contributed by atoms with E-state index < -0.39 is 59.0 Å². The van der Waals surface area contributed by atoms with Crippen molar-refractivity contribution >= 4 is 46.5 Å². The molecule has 2 aromatic carbocycles. The minimum Gasteiger partial charge on any atom is -0.493 e. The lowest BCUT2D eigenvalue weighted by Gasteiger charge is -2.24. The standard InChI is InChI=1S/C46H57F2N9O10/c1-27(52-41(58)34(54-44(61)67-46(5,6)7)15-12-13-18-50-43(60)66-45(2,3)4)42(59)65-21-20-64-28-22-31(47)30(32(48)23-28)26-57-35-16-11-10-14-29(35)38(56-57)40-51-25-37(63-9)39(55-40)53-33-17-19-49-24-36(33)62-8/h10-11,14,16-17,19,22-25,27,34H,12-13,15,18,20-21,26H2,1-9H3,(H,50,60)(H,52,58)(H,54,61)(H,49,51,53,55)/t27-,34-/m0/s1. The van der Waals surface area contributed by atoms with Crippen LogP contribution in [0.3, 0.4) is 0 Å². The van der Waals surface area contributed by atoms with E-state index in [-0.39, 0.29) is 49.9 Å². The smallest absolute Gasteiger partial charge is 0.408 e. The minimum atomic E-state index is -1.15. The first-order valence-corrected chi connectivity index (χ1v) is 21.4. The molecule has 0 saturated carbocycles. The Morgan fingerprint density at radius 2 is 1.52 bits per heavy atom. The summed E-state index contributed by atoms with van der Waals surface area (Å²) in [6.07, 6.45) is 4.23. The van der Waals surface area contributed by atoms with Crippen LogP contribution in [-0.4, -0.2) is 106 Å². The van der Waals surface area contributed by atoms with Crippen molar-refractivity contribution in [2.45, 2.75) is 97.6 Å². The van der Waals surface area contributed by atoms with Gasteiger partial charge in [-0.25, -0.2) is 33.1 Å². The van der Waals surface area contributed by atoms with Crippen LogP contribution in [0.4, 0.5) is 29.9 Å². The number of carbonyl (C=O) groups excluding carboxylic acids is 4. The normalized spacial score (nSPS) is 12.3. The van der Waals surface area contributed by atoms with Gasteiger partial charge < -0.3 is 49.7 Å². The molecule has 0 bridgehead atoms. The molecule has 5 aromatic rings. The van der Waals surface area contributed by atoms with E-state index in [4.69, 9.17) is 28.4 Å². The van der Waals surface area contributed by atoms with Gasteiger partial charge in [-0.1, -0.05) is 18.2 Å². The quantitative estimate of drug-likeness (QED) is 0.0350. The molecule has 0 aliphatic carbocycles. The molecule has 0 saturated heterocycles. The van der Waals surface area contributed by atoms with Crippen molar-refractivity contribution in [2.24, 2.45) is 0 Å². The largest absolute Gasteiger partial charge is 0.493 e. The second-order valence-corrected chi connectivity index (χ2v) is 17.1. The van der Waals surface area contributed by atoms with Crippen LogP contribution in [0, 0.1) is 11.6 Å². The van der Waals surface area contributed by atoms with Gasteiger partial charge in [-0.3, -0.25) is 14.5 Å². The fraction of sp³-hybridized carbons (Fsp3) is 0.435. The molecule has 5 rings (SSSR count). The Hall–Kier alpha value is -7.32. The van der Waals surface area contributed by atoms with E-state index in [1.54, 1.807) is 84.3 Å². The SMILES string of the molecule is COc1cnccc1Nc1nc(-c2nn(Cc3c(F)cc(OCCOC(=O)[C@H](C)NC(=O)[C@H](CCCCNC(=O)OC(C)(C)C)NC(=O)OC(C)(C)C)cc3F)c3ccccc23)ncc1OC. The van der Waals surface area contributed by atoms with Gasteiger partial charge in [0.25, 0.3) is 0 Å². The number of rotatable bonds is 20. The number of ether oxygens (including phenoxy) is 6. The number of fused-ring (bicyclic) bond motifs is 1. The summed E-state index contributed by atoms with van der Waals surface area (Å²) < 4.78 is 64.9. The molecular weight excluding hydrogens is 877 g/mol. The molecule has 0 aliphatic heterocycles. The minimum absolute atomic E-state index is 0.156. The highest BCUT2D eigenvalue weighted by molar-refractivity contribution is 5.92.